The van der Waals surface area contributed by atoms with Gasteiger partial charge >= 0.3 is 0 Å². The van der Waals surface area contributed by atoms with E-state index in [1.807, 2.05) is 10.2 Å². The van der Waals surface area contributed by atoms with Gasteiger partial charge in [-0.1, -0.05) is 51.3 Å². The third-order valence-corrected chi connectivity index (χ3v) is 1.09. The van der Waals surface area contributed by atoms with E-state index < -0.39 is 0 Å². The molecule has 1 atom stereocenters. The van der Waals surface area contributed by atoms with Gasteiger partial charge in [0.1, 0.15) is 0 Å². The maximum atomic E-state index is 5.30. The molecule has 0 nitrogen and oxygen atoms in total. The Kier molecular flexibility index (Phi) is 5.36. The van der Waals surface area contributed by atoms with Crippen LogP contribution in [0.2, 0.25) is 0 Å². The van der Waals surface area contributed by atoms with Crippen LogP contribution in [-0.4, -0.2) is 11.7 Å². The van der Waals surface area contributed by atoms with Gasteiger partial charge in [-0.25, -0.2) is 0 Å². The highest BCUT2D eigenvalue weighted by molar-refractivity contribution is 14.1. The van der Waals surface area contributed by atoms with Crippen LogP contribution in [0.25, 0.3) is 0 Å². The van der Waals surface area contributed by atoms with E-state index >= 15 is 0 Å². The number of hydrogen-bond donors (Lipinski definition) is 0. The summed E-state index contributed by atoms with van der Waals surface area (Å²) in [4.78, 5) is 0. The average Bonchev–Trinajstić information content (AvgIpc) is 1.35. The summed E-state index contributed by atoms with van der Waals surface area (Å²) in [5.74, 6) is 0. The van der Waals surface area contributed by atoms with Crippen LogP contribution in [0.15, 0.2) is 10.2 Å². The van der Waals surface area contributed by atoms with E-state index in [0.29, 0.717) is 0 Å². The third-order valence-electron chi connectivity index (χ3n) is 0.257. The second-order valence-corrected chi connectivity index (χ2v) is 2.92. The van der Waals surface area contributed by atoms with Gasteiger partial charge in [0.05, 0.1) is 7.85 Å². The van der Waals surface area contributed by atoms with E-state index in [2.05, 4.69) is 45.2 Å². The van der Waals surface area contributed by atoms with Crippen LogP contribution in [-0.2, 0) is 0 Å². The van der Waals surface area contributed by atoms with Gasteiger partial charge in [-0.05, 0) is 7.91 Å². The zero-order chi connectivity index (χ0) is 4.99. The molecule has 0 aromatic rings. The molecule has 6 heavy (non-hydrogen) atoms. The fourth-order valence-corrected chi connectivity index (χ4v) is 1.52. The van der Waals surface area contributed by atoms with Crippen molar-refractivity contribution in [1.82, 2.24) is 0 Å². The van der Waals surface area contributed by atoms with Crippen molar-refractivity contribution in [1.29, 1.82) is 0 Å². The predicted molar refractivity (Wildman–Crippen MR) is 46.7 cm³/mol. The molecule has 0 saturated carbocycles. The topological polar surface area (TPSA) is 0 Å². The molecule has 3 heteroatoms. The molecular formula is C3H3BI2. The number of allylic oxidation sites excluding steroid dienone is 1. The molecule has 0 N–H and O–H groups in total. The van der Waals surface area contributed by atoms with Crippen molar-refractivity contribution in [3.8, 4) is 0 Å². The van der Waals surface area contributed by atoms with Crippen LogP contribution >= 0.6 is 45.2 Å². The molecule has 32 valence electrons. The Balaban J connectivity index is 3.03. The van der Waals surface area contributed by atoms with Gasteiger partial charge in [-0.2, -0.15) is 0 Å². The molecule has 2 radical (unpaired) electrons. The van der Waals surface area contributed by atoms with Gasteiger partial charge in [0.25, 0.3) is 0 Å². The molecule has 0 heterocycles. The molecule has 0 aromatic carbocycles. The minimum Gasteiger partial charge on any atom is -0.0888 e. The zero-order valence-corrected chi connectivity index (χ0v) is 7.38. The van der Waals surface area contributed by atoms with Crippen LogP contribution in [0.3, 0.4) is 0 Å². The fourth-order valence-electron chi connectivity index (χ4n) is 0.0695. The number of rotatable bonds is 1. The van der Waals surface area contributed by atoms with Gasteiger partial charge in [0.15, 0.2) is 0 Å². The van der Waals surface area contributed by atoms with Crippen molar-refractivity contribution in [2.45, 2.75) is 3.82 Å². The second-order valence-electron chi connectivity index (χ2n) is 0.763. The third kappa shape index (κ3) is 5.26. The minimum atomic E-state index is 0.180. The highest BCUT2D eigenvalue weighted by Gasteiger charge is 1.79. The Labute approximate surface area is 66.5 Å². The first-order chi connectivity index (χ1) is 2.77. The Morgan fingerprint density at radius 1 is 1.67 bits per heavy atom. The maximum Gasteiger partial charge on any atom is 0.0899 e. The lowest BCUT2D eigenvalue weighted by Gasteiger charge is -1.83. The number of halogens is 2. The first kappa shape index (κ1) is 7.26. The van der Waals surface area contributed by atoms with Gasteiger partial charge in [0, 0.05) is 0 Å². The van der Waals surface area contributed by atoms with Crippen LogP contribution < -0.4 is 0 Å². The SMILES string of the molecule is [B]C(I)C=CI. The highest BCUT2D eigenvalue weighted by atomic mass is 127. The summed E-state index contributed by atoms with van der Waals surface area (Å²) in [6.07, 6.45) is 1.92. The first-order valence-electron chi connectivity index (χ1n) is 1.44. The van der Waals surface area contributed by atoms with Gasteiger partial charge < -0.3 is 0 Å². The van der Waals surface area contributed by atoms with Crippen LogP contribution in [0, 0.1) is 0 Å². The first-order valence-corrected chi connectivity index (χ1v) is 3.93. The molecule has 0 fully saturated rings. The Bertz CT molecular complexity index is 50.8. The molecule has 0 saturated heterocycles. The molecule has 0 aromatic heterocycles. The Morgan fingerprint density at radius 2 is 2.17 bits per heavy atom. The number of hydrogen-bond acceptors (Lipinski definition) is 0. The predicted octanol–water partition coefficient (Wildman–Crippen LogP) is 1.86. The Morgan fingerprint density at radius 3 is 2.17 bits per heavy atom. The lowest BCUT2D eigenvalue weighted by atomic mass is 10.1. The van der Waals surface area contributed by atoms with Crippen LogP contribution in [0.1, 0.15) is 0 Å². The molecule has 1 unspecified atom stereocenters. The van der Waals surface area contributed by atoms with E-state index in [-0.39, 0.29) is 3.82 Å². The van der Waals surface area contributed by atoms with E-state index in [4.69, 9.17) is 7.85 Å². The van der Waals surface area contributed by atoms with Crippen molar-refractivity contribution >= 4 is 53.0 Å². The highest BCUT2D eigenvalue weighted by Crippen LogP contribution is 1.96. The lowest BCUT2D eigenvalue weighted by Crippen LogP contribution is -1.84. The largest absolute Gasteiger partial charge is 0.0899 e. The van der Waals surface area contributed by atoms with Gasteiger partial charge in [-0.3, -0.25) is 0 Å². The van der Waals surface area contributed by atoms with Gasteiger partial charge in [-0.15, -0.1) is 0 Å². The molecular weight excluding hydrogens is 301 g/mol. The fraction of sp³-hybridized carbons (Fsp3) is 0.333. The molecule has 0 rings (SSSR count). The average molecular weight is 304 g/mol. The van der Waals surface area contributed by atoms with Crippen molar-refractivity contribution in [3.63, 3.8) is 0 Å². The van der Waals surface area contributed by atoms with Crippen molar-refractivity contribution in [2.75, 3.05) is 0 Å². The monoisotopic (exact) mass is 304 g/mol. The van der Waals surface area contributed by atoms with E-state index in [1.54, 1.807) is 0 Å². The summed E-state index contributed by atoms with van der Waals surface area (Å²) in [6.45, 7) is 0. The summed E-state index contributed by atoms with van der Waals surface area (Å²) in [6, 6.07) is 0. The van der Waals surface area contributed by atoms with Gasteiger partial charge in [0.2, 0.25) is 0 Å². The maximum absolute atomic E-state index is 5.30. The normalized spacial score (nSPS) is 15.7. The van der Waals surface area contributed by atoms with Crippen molar-refractivity contribution in [2.24, 2.45) is 0 Å². The summed E-state index contributed by atoms with van der Waals surface area (Å²) >= 11 is 4.27. The standard InChI is InChI=1S/C3H3BI2/c4-3(6)1-2-5/h1-3H. The summed E-state index contributed by atoms with van der Waals surface area (Å²) < 4.78 is 2.09. The zero-order valence-electron chi connectivity index (χ0n) is 3.07. The quantitative estimate of drug-likeness (QED) is 0.394. The number of alkyl halides is 1. The lowest BCUT2D eigenvalue weighted by molar-refractivity contribution is 1.73. The van der Waals surface area contributed by atoms with Crippen molar-refractivity contribution in [3.05, 3.63) is 10.2 Å². The van der Waals surface area contributed by atoms with Crippen LogP contribution in [0.4, 0.5) is 0 Å². The van der Waals surface area contributed by atoms with E-state index in [0.717, 1.165) is 0 Å². The Hall–Kier alpha value is 1.26. The molecule has 0 bridgehead atoms. The van der Waals surface area contributed by atoms with E-state index in [1.165, 1.54) is 0 Å². The molecule has 0 spiro atoms. The molecule has 0 amide bonds. The summed E-state index contributed by atoms with van der Waals surface area (Å²) in [5.41, 5.74) is 0. The van der Waals surface area contributed by atoms with Crippen LogP contribution in [0.5, 0.6) is 0 Å². The second kappa shape index (κ2) is 4.42. The summed E-state index contributed by atoms with van der Waals surface area (Å²) in [5, 5.41) is 0. The molecule has 0 aliphatic rings. The minimum absolute atomic E-state index is 0.180. The smallest absolute Gasteiger partial charge is 0.0888 e. The summed E-state index contributed by atoms with van der Waals surface area (Å²) in [7, 11) is 5.30. The molecule has 0 aliphatic carbocycles. The van der Waals surface area contributed by atoms with Crippen molar-refractivity contribution < 1.29 is 0 Å². The molecule has 0 aliphatic heterocycles. The van der Waals surface area contributed by atoms with E-state index in [9.17, 15) is 0 Å².